The maximum Gasteiger partial charge on any atom is 0.327 e. The van der Waals surface area contributed by atoms with Gasteiger partial charge in [0.1, 0.15) is 6.04 Å². The van der Waals surface area contributed by atoms with Crippen molar-refractivity contribution < 1.29 is 14.7 Å². The molecule has 1 heterocycles. The lowest BCUT2D eigenvalue weighted by molar-refractivity contribution is -0.141. The van der Waals surface area contributed by atoms with Crippen molar-refractivity contribution in [3.05, 3.63) is 30.1 Å². The predicted molar refractivity (Wildman–Crippen MR) is 65.6 cm³/mol. The van der Waals surface area contributed by atoms with Gasteiger partial charge in [0.15, 0.2) is 0 Å². The number of aromatic nitrogens is 1. The Morgan fingerprint density at radius 1 is 1.56 bits per heavy atom. The van der Waals surface area contributed by atoms with Gasteiger partial charge in [-0.05, 0) is 18.1 Å². The summed E-state index contributed by atoms with van der Waals surface area (Å²) >= 11 is 0. The Labute approximate surface area is 105 Å². The second-order valence-electron chi connectivity index (χ2n) is 3.73. The van der Waals surface area contributed by atoms with Crippen molar-refractivity contribution in [2.24, 2.45) is 0 Å². The molecule has 0 aliphatic rings. The minimum atomic E-state index is -1.12. The van der Waals surface area contributed by atoms with Crippen LogP contribution in [-0.2, 0) is 16.0 Å². The lowest BCUT2D eigenvalue weighted by atomic mass is 10.1. The Bertz CT molecular complexity index is 451. The number of aryl methyl sites for hydroxylation is 1. The Morgan fingerprint density at radius 3 is 2.89 bits per heavy atom. The number of rotatable bonds is 6. The largest absolute Gasteiger partial charge is 0.480 e. The van der Waals surface area contributed by atoms with E-state index < -0.39 is 12.0 Å². The van der Waals surface area contributed by atoms with Crippen LogP contribution in [0.1, 0.15) is 18.4 Å². The standard InChI is InChI=1S/C13H14N2O3/c1-2-4-11(13(17)18)15-12(16)7-6-10-5-3-8-14-9-10/h1,3,5,8-9,11H,4,6-7H2,(H,15,16)(H,17,18). The Hall–Kier alpha value is -2.35. The molecule has 1 rings (SSSR count). The van der Waals surface area contributed by atoms with E-state index in [1.165, 1.54) is 0 Å². The highest BCUT2D eigenvalue weighted by Crippen LogP contribution is 2.01. The van der Waals surface area contributed by atoms with Crippen molar-refractivity contribution in [1.82, 2.24) is 10.3 Å². The van der Waals surface area contributed by atoms with Crippen molar-refractivity contribution in [3.63, 3.8) is 0 Å². The number of nitrogens with one attached hydrogen (secondary N) is 1. The first-order chi connectivity index (χ1) is 8.63. The summed E-state index contributed by atoms with van der Waals surface area (Å²) < 4.78 is 0. The molecule has 0 saturated carbocycles. The van der Waals surface area contributed by atoms with Gasteiger partial charge in [-0.1, -0.05) is 6.07 Å². The van der Waals surface area contributed by atoms with E-state index in [4.69, 9.17) is 11.5 Å². The van der Waals surface area contributed by atoms with E-state index in [0.29, 0.717) is 6.42 Å². The molecule has 0 aromatic carbocycles. The summed E-state index contributed by atoms with van der Waals surface area (Å²) in [6.45, 7) is 0. The van der Waals surface area contributed by atoms with Crippen LogP contribution in [0.4, 0.5) is 0 Å². The molecule has 0 aliphatic carbocycles. The molecule has 94 valence electrons. The molecule has 0 radical (unpaired) electrons. The molecule has 1 atom stereocenters. The van der Waals surface area contributed by atoms with E-state index in [1.54, 1.807) is 18.5 Å². The van der Waals surface area contributed by atoms with Crippen LogP contribution >= 0.6 is 0 Å². The van der Waals surface area contributed by atoms with E-state index >= 15 is 0 Å². The average molecular weight is 246 g/mol. The highest BCUT2D eigenvalue weighted by atomic mass is 16.4. The average Bonchev–Trinajstić information content (AvgIpc) is 2.37. The van der Waals surface area contributed by atoms with Gasteiger partial charge in [-0.15, -0.1) is 12.3 Å². The van der Waals surface area contributed by atoms with Crippen LogP contribution in [0.15, 0.2) is 24.5 Å². The second-order valence-corrected chi connectivity index (χ2v) is 3.73. The number of carbonyl (C=O) groups excluding carboxylic acids is 1. The molecule has 0 bridgehead atoms. The van der Waals surface area contributed by atoms with E-state index in [0.717, 1.165) is 5.56 Å². The predicted octanol–water partition coefficient (Wildman–Crippen LogP) is 0.607. The Balaban J connectivity index is 2.42. The summed E-state index contributed by atoms with van der Waals surface area (Å²) in [5.41, 5.74) is 0.927. The van der Waals surface area contributed by atoms with Crippen LogP contribution in [0.5, 0.6) is 0 Å². The van der Waals surface area contributed by atoms with Gasteiger partial charge in [0.2, 0.25) is 5.91 Å². The molecular weight excluding hydrogens is 232 g/mol. The summed E-state index contributed by atoms with van der Waals surface area (Å²) in [6.07, 6.45) is 9.06. The fraction of sp³-hybridized carbons (Fsp3) is 0.308. The number of nitrogens with zero attached hydrogens (tertiary/aromatic N) is 1. The van der Waals surface area contributed by atoms with E-state index in [-0.39, 0.29) is 18.7 Å². The highest BCUT2D eigenvalue weighted by Gasteiger charge is 2.18. The highest BCUT2D eigenvalue weighted by molar-refractivity contribution is 5.83. The minimum absolute atomic E-state index is 0.0199. The van der Waals surface area contributed by atoms with Crippen LogP contribution in [0.2, 0.25) is 0 Å². The fourth-order valence-corrected chi connectivity index (χ4v) is 1.39. The third-order valence-corrected chi connectivity index (χ3v) is 2.32. The zero-order chi connectivity index (χ0) is 13.4. The molecule has 18 heavy (non-hydrogen) atoms. The molecule has 0 saturated heterocycles. The Morgan fingerprint density at radius 2 is 2.33 bits per heavy atom. The molecule has 1 aromatic rings. The van der Waals surface area contributed by atoms with Gasteiger partial charge >= 0.3 is 5.97 Å². The number of carboxylic acids is 1. The lowest BCUT2D eigenvalue weighted by Crippen LogP contribution is -2.40. The summed E-state index contributed by atoms with van der Waals surface area (Å²) in [4.78, 5) is 26.3. The van der Waals surface area contributed by atoms with Crippen molar-refractivity contribution in [3.8, 4) is 12.3 Å². The van der Waals surface area contributed by atoms with Gasteiger partial charge in [0, 0.05) is 25.2 Å². The van der Waals surface area contributed by atoms with Crippen molar-refractivity contribution in [2.75, 3.05) is 0 Å². The van der Waals surface area contributed by atoms with Gasteiger partial charge in [0.25, 0.3) is 0 Å². The first kappa shape index (κ1) is 13.7. The van der Waals surface area contributed by atoms with Gasteiger partial charge in [0.05, 0.1) is 0 Å². The number of carbonyl (C=O) groups is 2. The van der Waals surface area contributed by atoms with E-state index in [1.807, 2.05) is 6.07 Å². The monoisotopic (exact) mass is 246 g/mol. The van der Waals surface area contributed by atoms with Crippen LogP contribution in [-0.4, -0.2) is 28.0 Å². The first-order valence-electron chi connectivity index (χ1n) is 5.48. The van der Waals surface area contributed by atoms with Crippen LogP contribution < -0.4 is 5.32 Å². The van der Waals surface area contributed by atoms with Crippen molar-refractivity contribution in [1.29, 1.82) is 0 Å². The molecular formula is C13H14N2O3. The van der Waals surface area contributed by atoms with Crippen LogP contribution in [0, 0.1) is 12.3 Å². The van der Waals surface area contributed by atoms with E-state index in [2.05, 4.69) is 16.2 Å². The molecule has 1 unspecified atom stereocenters. The summed E-state index contributed by atoms with van der Waals surface area (Å²) in [5.74, 6) is 0.768. The SMILES string of the molecule is C#CCC(NC(=O)CCc1cccnc1)C(=O)O. The van der Waals surface area contributed by atoms with Gasteiger partial charge < -0.3 is 10.4 Å². The number of terminal acetylenes is 1. The van der Waals surface area contributed by atoms with Crippen LogP contribution in [0.3, 0.4) is 0 Å². The molecule has 0 fully saturated rings. The Kier molecular flexibility index (Phi) is 5.39. The topological polar surface area (TPSA) is 79.3 Å². The molecule has 5 heteroatoms. The fourth-order valence-electron chi connectivity index (χ4n) is 1.39. The van der Waals surface area contributed by atoms with Gasteiger partial charge in [-0.3, -0.25) is 9.78 Å². The zero-order valence-electron chi connectivity index (χ0n) is 9.80. The quantitative estimate of drug-likeness (QED) is 0.721. The first-order valence-corrected chi connectivity index (χ1v) is 5.48. The van der Waals surface area contributed by atoms with Crippen molar-refractivity contribution in [2.45, 2.75) is 25.3 Å². The normalized spacial score (nSPS) is 11.3. The number of pyridine rings is 1. The number of amides is 1. The van der Waals surface area contributed by atoms with Gasteiger partial charge in [-0.25, -0.2) is 4.79 Å². The number of hydrogen-bond acceptors (Lipinski definition) is 3. The summed E-state index contributed by atoms with van der Waals surface area (Å²) in [5, 5.41) is 11.2. The molecule has 1 aromatic heterocycles. The molecule has 0 aliphatic heterocycles. The maximum atomic E-state index is 11.5. The summed E-state index contributed by atoms with van der Waals surface area (Å²) in [6, 6.07) is 2.62. The zero-order valence-corrected chi connectivity index (χ0v) is 9.80. The van der Waals surface area contributed by atoms with Crippen LogP contribution in [0.25, 0.3) is 0 Å². The third-order valence-electron chi connectivity index (χ3n) is 2.32. The smallest absolute Gasteiger partial charge is 0.327 e. The molecule has 5 nitrogen and oxygen atoms in total. The number of aliphatic carboxylic acids is 1. The lowest BCUT2D eigenvalue weighted by Gasteiger charge is -2.11. The molecule has 0 spiro atoms. The second kappa shape index (κ2) is 7.07. The maximum absolute atomic E-state index is 11.5. The minimum Gasteiger partial charge on any atom is -0.480 e. The molecule has 1 amide bonds. The van der Waals surface area contributed by atoms with E-state index in [9.17, 15) is 9.59 Å². The van der Waals surface area contributed by atoms with Crippen molar-refractivity contribution >= 4 is 11.9 Å². The summed E-state index contributed by atoms with van der Waals surface area (Å²) in [7, 11) is 0. The molecule has 2 N–H and O–H groups in total. The number of hydrogen-bond donors (Lipinski definition) is 2. The number of carboxylic acid groups (broad SMARTS) is 1. The van der Waals surface area contributed by atoms with Gasteiger partial charge in [-0.2, -0.15) is 0 Å². The third kappa shape index (κ3) is 4.66.